The van der Waals surface area contributed by atoms with Gasteiger partial charge in [0.1, 0.15) is 5.82 Å². The van der Waals surface area contributed by atoms with Crippen LogP contribution in [0.15, 0.2) is 30.3 Å². The molecule has 110 valence electrons. The first-order valence-corrected chi connectivity index (χ1v) is 7.28. The lowest BCUT2D eigenvalue weighted by atomic mass is 9.76. The summed E-state index contributed by atoms with van der Waals surface area (Å²) < 4.78 is 0. The van der Waals surface area contributed by atoms with Crippen LogP contribution in [0.5, 0.6) is 0 Å². The number of H-pyrrole nitrogens is 1. The lowest BCUT2D eigenvalue weighted by Gasteiger charge is -2.40. The average molecular weight is 284 g/mol. The highest BCUT2D eigenvalue weighted by Gasteiger charge is 2.36. The van der Waals surface area contributed by atoms with Crippen LogP contribution in [0.3, 0.4) is 0 Å². The minimum absolute atomic E-state index is 0.000518. The van der Waals surface area contributed by atoms with Gasteiger partial charge in [-0.1, -0.05) is 37.3 Å². The van der Waals surface area contributed by atoms with E-state index in [4.69, 9.17) is 0 Å². The minimum atomic E-state index is 0.000518. The third-order valence-electron chi connectivity index (χ3n) is 4.23. The lowest BCUT2D eigenvalue weighted by Crippen LogP contribution is -2.47. The highest BCUT2D eigenvalue weighted by Crippen LogP contribution is 2.34. The summed E-state index contributed by atoms with van der Waals surface area (Å²) >= 11 is 0. The molecule has 0 bridgehead atoms. The number of hydrogen-bond donors (Lipinski definition) is 1. The Morgan fingerprint density at radius 3 is 2.76 bits per heavy atom. The second-order valence-corrected chi connectivity index (χ2v) is 6.01. The van der Waals surface area contributed by atoms with Crippen LogP contribution in [0.1, 0.15) is 37.0 Å². The van der Waals surface area contributed by atoms with Gasteiger partial charge in [-0.2, -0.15) is 5.10 Å². The molecule has 1 aliphatic heterocycles. The molecule has 0 spiro atoms. The number of aryl methyl sites for hydroxylation is 1. The molecule has 1 aliphatic rings. The topological polar surface area (TPSA) is 61.9 Å². The SMILES string of the molecule is Cc1nc(CN2C[C@](C)(c3ccccc3)CCC2=O)n[nH]1. The fourth-order valence-electron chi connectivity index (χ4n) is 2.98. The lowest BCUT2D eigenvalue weighted by molar-refractivity contribution is -0.136. The first-order chi connectivity index (χ1) is 10.1. The van der Waals surface area contributed by atoms with E-state index < -0.39 is 0 Å². The zero-order valence-electron chi connectivity index (χ0n) is 12.5. The fraction of sp³-hybridized carbons (Fsp3) is 0.438. The van der Waals surface area contributed by atoms with Crippen LogP contribution >= 0.6 is 0 Å². The molecule has 1 N–H and O–H groups in total. The molecular weight excluding hydrogens is 264 g/mol. The van der Waals surface area contributed by atoms with Gasteiger partial charge in [-0.25, -0.2) is 4.98 Å². The van der Waals surface area contributed by atoms with E-state index in [0.717, 1.165) is 12.2 Å². The van der Waals surface area contributed by atoms with E-state index in [1.807, 2.05) is 17.9 Å². The van der Waals surface area contributed by atoms with Crippen LogP contribution in [-0.2, 0) is 16.8 Å². The largest absolute Gasteiger partial charge is 0.334 e. The Morgan fingerprint density at radius 2 is 2.10 bits per heavy atom. The number of nitrogens with one attached hydrogen (secondary N) is 1. The molecular formula is C16H20N4O. The Kier molecular flexibility index (Phi) is 3.49. The number of carbonyl (C=O) groups excluding carboxylic acids is 1. The molecule has 5 nitrogen and oxygen atoms in total. The van der Waals surface area contributed by atoms with Crippen molar-refractivity contribution in [3.05, 3.63) is 47.5 Å². The molecule has 0 saturated carbocycles. The molecule has 0 aliphatic carbocycles. The quantitative estimate of drug-likeness (QED) is 0.939. The number of aromatic nitrogens is 3. The number of aromatic amines is 1. The molecule has 1 fully saturated rings. The zero-order chi connectivity index (χ0) is 14.9. The van der Waals surface area contributed by atoms with Gasteiger partial charge in [-0.3, -0.25) is 9.89 Å². The van der Waals surface area contributed by atoms with E-state index in [2.05, 4.69) is 46.4 Å². The molecule has 1 aromatic heterocycles. The maximum absolute atomic E-state index is 12.2. The van der Waals surface area contributed by atoms with E-state index >= 15 is 0 Å². The fourth-order valence-corrected chi connectivity index (χ4v) is 2.98. The van der Waals surface area contributed by atoms with Crippen molar-refractivity contribution < 1.29 is 4.79 Å². The number of carbonyl (C=O) groups is 1. The number of hydrogen-bond acceptors (Lipinski definition) is 3. The van der Waals surface area contributed by atoms with Gasteiger partial charge >= 0.3 is 0 Å². The molecule has 1 saturated heterocycles. The summed E-state index contributed by atoms with van der Waals surface area (Å²) in [6, 6.07) is 10.4. The first kappa shape index (κ1) is 13.8. The zero-order valence-corrected chi connectivity index (χ0v) is 12.5. The van der Waals surface area contributed by atoms with Gasteiger partial charge in [0.25, 0.3) is 0 Å². The Morgan fingerprint density at radius 1 is 1.33 bits per heavy atom. The summed E-state index contributed by atoms with van der Waals surface area (Å²) in [5.41, 5.74) is 1.29. The first-order valence-electron chi connectivity index (χ1n) is 7.28. The van der Waals surface area contributed by atoms with Crippen LogP contribution in [0.4, 0.5) is 0 Å². The van der Waals surface area contributed by atoms with Crippen LogP contribution in [0.25, 0.3) is 0 Å². The smallest absolute Gasteiger partial charge is 0.223 e. The Bertz CT molecular complexity index is 637. The Hall–Kier alpha value is -2.17. The van der Waals surface area contributed by atoms with Crippen molar-refractivity contribution in [2.45, 2.75) is 38.6 Å². The van der Waals surface area contributed by atoms with Crippen molar-refractivity contribution in [3.8, 4) is 0 Å². The van der Waals surface area contributed by atoms with Crippen LogP contribution in [0.2, 0.25) is 0 Å². The Labute approximate surface area is 124 Å². The van der Waals surface area contributed by atoms with Crippen molar-refractivity contribution >= 4 is 5.91 Å². The van der Waals surface area contributed by atoms with Gasteiger partial charge in [0.15, 0.2) is 5.82 Å². The molecule has 21 heavy (non-hydrogen) atoms. The number of rotatable bonds is 3. The van der Waals surface area contributed by atoms with Crippen LogP contribution < -0.4 is 0 Å². The Balaban J connectivity index is 1.80. The van der Waals surface area contributed by atoms with Gasteiger partial charge in [0, 0.05) is 18.4 Å². The highest BCUT2D eigenvalue weighted by molar-refractivity contribution is 5.77. The summed E-state index contributed by atoms with van der Waals surface area (Å²) in [5, 5.41) is 6.96. The van der Waals surface area contributed by atoms with Crippen molar-refractivity contribution in [1.82, 2.24) is 20.1 Å². The van der Waals surface area contributed by atoms with Gasteiger partial charge in [0.2, 0.25) is 5.91 Å². The van der Waals surface area contributed by atoms with Gasteiger partial charge < -0.3 is 4.90 Å². The molecule has 1 atom stereocenters. The van der Waals surface area contributed by atoms with Gasteiger partial charge in [-0.05, 0) is 18.9 Å². The minimum Gasteiger partial charge on any atom is -0.334 e. The predicted octanol–water partition coefficient (Wildman–Crippen LogP) is 2.19. The van der Waals surface area contributed by atoms with Gasteiger partial charge in [-0.15, -0.1) is 0 Å². The van der Waals surface area contributed by atoms with Gasteiger partial charge in [0.05, 0.1) is 6.54 Å². The second-order valence-electron chi connectivity index (χ2n) is 6.01. The van der Waals surface area contributed by atoms with Crippen molar-refractivity contribution in [1.29, 1.82) is 0 Å². The van der Waals surface area contributed by atoms with E-state index in [0.29, 0.717) is 25.3 Å². The van der Waals surface area contributed by atoms with Crippen molar-refractivity contribution in [2.24, 2.45) is 0 Å². The average Bonchev–Trinajstić information content (AvgIpc) is 2.89. The second kappa shape index (κ2) is 5.31. The standard InChI is InChI=1S/C16H20N4O/c1-12-17-14(19-18-12)10-20-11-16(2,9-8-15(20)21)13-6-4-3-5-7-13/h3-7H,8-11H2,1-2H3,(H,17,18,19)/t16-/m1/s1. The summed E-state index contributed by atoms with van der Waals surface area (Å²) in [5.74, 6) is 1.64. The van der Waals surface area contributed by atoms with E-state index in [9.17, 15) is 4.79 Å². The number of benzene rings is 1. The maximum Gasteiger partial charge on any atom is 0.223 e. The predicted molar refractivity (Wildman–Crippen MR) is 79.6 cm³/mol. The molecule has 1 amide bonds. The summed E-state index contributed by atoms with van der Waals surface area (Å²) in [4.78, 5) is 18.4. The molecule has 0 radical (unpaired) electrons. The van der Waals surface area contributed by atoms with Crippen LogP contribution in [-0.4, -0.2) is 32.5 Å². The summed E-state index contributed by atoms with van der Waals surface area (Å²) in [6.45, 7) is 5.28. The molecule has 1 aromatic carbocycles. The molecule has 3 rings (SSSR count). The van der Waals surface area contributed by atoms with E-state index in [1.54, 1.807) is 0 Å². The molecule has 0 unspecified atom stereocenters. The number of likely N-dealkylation sites (tertiary alicyclic amines) is 1. The summed E-state index contributed by atoms with van der Waals surface area (Å²) in [6.07, 6.45) is 1.47. The third-order valence-corrected chi connectivity index (χ3v) is 4.23. The molecule has 2 aromatic rings. The number of piperidine rings is 1. The maximum atomic E-state index is 12.2. The molecule has 5 heteroatoms. The van der Waals surface area contributed by atoms with E-state index in [-0.39, 0.29) is 11.3 Å². The molecule has 2 heterocycles. The monoisotopic (exact) mass is 284 g/mol. The third kappa shape index (κ3) is 2.82. The van der Waals surface area contributed by atoms with Crippen LogP contribution in [0, 0.1) is 6.92 Å². The number of nitrogens with zero attached hydrogens (tertiary/aromatic N) is 3. The number of amides is 1. The highest BCUT2D eigenvalue weighted by atomic mass is 16.2. The van der Waals surface area contributed by atoms with E-state index in [1.165, 1.54) is 5.56 Å². The normalized spacial score (nSPS) is 22.6. The van der Waals surface area contributed by atoms with Crippen molar-refractivity contribution in [3.63, 3.8) is 0 Å². The van der Waals surface area contributed by atoms with Crippen molar-refractivity contribution in [2.75, 3.05) is 6.54 Å². The summed E-state index contributed by atoms with van der Waals surface area (Å²) in [7, 11) is 0.